The molecule has 12 heavy (non-hydrogen) atoms. The highest BCUT2D eigenvalue weighted by Crippen LogP contribution is 1.96. The molecule has 0 rings (SSSR count). The number of hydrogen-bond donors (Lipinski definition) is 2. The molecule has 0 aliphatic rings. The Balaban J connectivity index is 4.14. The van der Waals surface area contributed by atoms with Crippen LogP contribution in [-0.4, -0.2) is 25.2 Å². The third-order valence-electron chi connectivity index (χ3n) is 1.10. The molecular formula is C7H10N2O3. The summed E-state index contributed by atoms with van der Waals surface area (Å²) in [6.07, 6.45) is 2.95. The molecule has 0 fully saturated rings. The van der Waals surface area contributed by atoms with Gasteiger partial charge in [0.2, 0.25) is 0 Å². The first-order valence-electron chi connectivity index (χ1n) is 3.23. The molecule has 0 aliphatic carbocycles. The van der Waals surface area contributed by atoms with Crippen molar-refractivity contribution in [3.8, 4) is 12.3 Å². The van der Waals surface area contributed by atoms with E-state index in [1.807, 2.05) is 0 Å². The molecule has 0 bridgehead atoms. The van der Waals surface area contributed by atoms with Gasteiger partial charge in [-0.2, -0.15) is 0 Å². The maximum atomic E-state index is 10.9. The zero-order chi connectivity index (χ0) is 9.56. The van der Waals surface area contributed by atoms with Gasteiger partial charge in [-0.25, -0.2) is 4.79 Å². The van der Waals surface area contributed by atoms with Gasteiger partial charge >= 0.3 is 6.09 Å². The largest absolute Gasteiger partial charge is 0.435 e. The lowest BCUT2D eigenvalue weighted by atomic mass is 10.2. The van der Waals surface area contributed by atoms with Crippen molar-refractivity contribution in [2.45, 2.75) is 12.5 Å². The second kappa shape index (κ2) is 5.02. The predicted octanol–water partition coefficient (Wildman–Crippen LogP) is -0.780. The Labute approximate surface area is 70.3 Å². The highest BCUT2D eigenvalue weighted by atomic mass is 16.6. The lowest BCUT2D eigenvalue weighted by Gasteiger charge is -2.11. The summed E-state index contributed by atoms with van der Waals surface area (Å²) in [7, 11) is 1.41. The number of hydrogen-bond acceptors (Lipinski definition) is 3. The van der Waals surface area contributed by atoms with Crippen LogP contribution in [0, 0.1) is 12.3 Å². The van der Waals surface area contributed by atoms with Gasteiger partial charge in [-0.05, 0) is 0 Å². The van der Waals surface area contributed by atoms with E-state index >= 15 is 0 Å². The van der Waals surface area contributed by atoms with E-state index in [2.05, 4.69) is 16.0 Å². The normalized spacial score (nSPS) is 11.0. The van der Waals surface area contributed by atoms with Crippen LogP contribution in [0.25, 0.3) is 0 Å². The Kier molecular flexibility index (Phi) is 4.31. The minimum atomic E-state index is -1.01. The van der Waals surface area contributed by atoms with Crippen LogP contribution < -0.4 is 11.1 Å². The number of terminal acetylenes is 1. The summed E-state index contributed by atoms with van der Waals surface area (Å²) in [5.41, 5.74) is 4.71. The van der Waals surface area contributed by atoms with Crippen molar-refractivity contribution in [2.24, 2.45) is 5.73 Å². The summed E-state index contributed by atoms with van der Waals surface area (Å²) >= 11 is 0. The first kappa shape index (κ1) is 10.3. The molecule has 0 saturated carbocycles. The summed E-state index contributed by atoms with van der Waals surface area (Å²) in [6, 6.07) is 0. The zero-order valence-electron chi connectivity index (χ0n) is 6.66. The lowest BCUT2D eigenvalue weighted by Crippen LogP contribution is -2.36. The van der Waals surface area contributed by atoms with Gasteiger partial charge in [-0.3, -0.25) is 4.79 Å². The van der Waals surface area contributed by atoms with Crippen LogP contribution in [0.15, 0.2) is 0 Å². The van der Waals surface area contributed by atoms with E-state index in [9.17, 15) is 9.59 Å². The van der Waals surface area contributed by atoms with Gasteiger partial charge in [0.05, 0.1) is 6.42 Å². The third-order valence-corrected chi connectivity index (χ3v) is 1.10. The van der Waals surface area contributed by atoms with Crippen LogP contribution in [0.4, 0.5) is 4.79 Å². The number of nitrogens with one attached hydrogen (secondary N) is 1. The van der Waals surface area contributed by atoms with E-state index in [0.717, 1.165) is 0 Å². The average Bonchev–Trinajstić information content (AvgIpc) is 2.01. The highest BCUT2D eigenvalue weighted by Gasteiger charge is 2.18. The van der Waals surface area contributed by atoms with E-state index in [0.29, 0.717) is 0 Å². The van der Waals surface area contributed by atoms with Crippen molar-refractivity contribution in [2.75, 3.05) is 7.05 Å². The molecule has 0 heterocycles. The maximum absolute atomic E-state index is 10.9. The van der Waals surface area contributed by atoms with Gasteiger partial charge in [0.1, 0.15) is 0 Å². The molecule has 0 aromatic heterocycles. The summed E-state index contributed by atoms with van der Waals surface area (Å²) in [6.45, 7) is 0. The second-order valence-corrected chi connectivity index (χ2v) is 1.95. The molecule has 66 valence electrons. The van der Waals surface area contributed by atoms with Gasteiger partial charge < -0.3 is 15.8 Å². The molecule has 0 aromatic rings. The summed E-state index contributed by atoms with van der Waals surface area (Å²) in [4.78, 5) is 21.2. The van der Waals surface area contributed by atoms with Crippen molar-refractivity contribution in [1.82, 2.24) is 5.32 Å². The van der Waals surface area contributed by atoms with Crippen LogP contribution >= 0.6 is 0 Å². The molecule has 0 spiro atoms. The number of rotatable bonds is 3. The minimum absolute atomic E-state index is 0.0165. The van der Waals surface area contributed by atoms with Crippen LogP contribution in [0.3, 0.4) is 0 Å². The van der Waals surface area contributed by atoms with Gasteiger partial charge in [-0.15, -0.1) is 12.3 Å². The monoisotopic (exact) mass is 170 g/mol. The van der Waals surface area contributed by atoms with Crippen LogP contribution in [0.5, 0.6) is 0 Å². The fourth-order valence-corrected chi connectivity index (χ4v) is 0.596. The van der Waals surface area contributed by atoms with E-state index in [4.69, 9.17) is 12.2 Å². The zero-order valence-corrected chi connectivity index (χ0v) is 6.66. The topological polar surface area (TPSA) is 81.4 Å². The predicted molar refractivity (Wildman–Crippen MR) is 42.0 cm³/mol. The van der Waals surface area contributed by atoms with Crippen molar-refractivity contribution < 1.29 is 14.3 Å². The van der Waals surface area contributed by atoms with Gasteiger partial charge in [-0.1, -0.05) is 0 Å². The summed E-state index contributed by atoms with van der Waals surface area (Å²) in [5, 5.41) is 2.29. The van der Waals surface area contributed by atoms with Crippen molar-refractivity contribution in [1.29, 1.82) is 0 Å². The molecule has 0 saturated heterocycles. The van der Waals surface area contributed by atoms with Crippen LogP contribution in [-0.2, 0) is 9.53 Å². The number of primary amides is 1. The van der Waals surface area contributed by atoms with Gasteiger partial charge in [0.15, 0.2) is 6.10 Å². The fourth-order valence-electron chi connectivity index (χ4n) is 0.596. The van der Waals surface area contributed by atoms with Crippen molar-refractivity contribution >= 4 is 12.0 Å². The van der Waals surface area contributed by atoms with Gasteiger partial charge in [0.25, 0.3) is 5.91 Å². The first-order chi connectivity index (χ1) is 5.61. The number of carbonyl (C=O) groups is 2. The Morgan fingerprint density at radius 3 is 2.67 bits per heavy atom. The third kappa shape index (κ3) is 3.46. The Hall–Kier alpha value is -1.70. The molecule has 5 nitrogen and oxygen atoms in total. The van der Waals surface area contributed by atoms with E-state index in [1.165, 1.54) is 7.05 Å². The Morgan fingerprint density at radius 2 is 2.33 bits per heavy atom. The number of likely N-dealkylation sites (N-methyl/N-ethyl adjacent to an activating group) is 1. The highest BCUT2D eigenvalue weighted by molar-refractivity contribution is 5.83. The summed E-state index contributed by atoms with van der Waals surface area (Å²) < 4.78 is 4.43. The van der Waals surface area contributed by atoms with Crippen LogP contribution in [0.2, 0.25) is 0 Å². The Morgan fingerprint density at radius 1 is 1.75 bits per heavy atom. The van der Waals surface area contributed by atoms with Crippen LogP contribution in [0.1, 0.15) is 6.42 Å². The standard InChI is InChI=1S/C7H10N2O3/c1-3-4-5(6(10)9-2)12-7(8)11/h1,5H,4H2,2H3,(H2,8,11)(H,9,10)/t5-/m0/s1. The molecule has 0 aromatic carbocycles. The Bertz CT molecular complexity index is 219. The molecule has 3 N–H and O–H groups in total. The molecule has 5 heteroatoms. The molecular weight excluding hydrogens is 160 g/mol. The number of carbonyl (C=O) groups excluding carboxylic acids is 2. The SMILES string of the molecule is C#CC[C@H](OC(N)=O)C(=O)NC. The quantitative estimate of drug-likeness (QED) is 0.545. The second-order valence-electron chi connectivity index (χ2n) is 1.95. The fraction of sp³-hybridized carbons (Fsp3) is 0.429. The van der Waals surface area contributed by atoms with Crippen molar-refractivity contribution in [3.05, 3.63) is 0 Å². The minimum Gasteiger partial charge on any atom is -0.435 e. The maximum Gasteiger partial charge on any atom is 0.405 e. The van der Waals surface area contributed by atoms with E-state index < -0.39 is 18.1 Å². The number of nitrogens with two attached hydrogens (primary N) is 1. The molecule has 0 aliphatic heterocycles. The molecule has 2 amide bonds. The number of amides is 2. The van der Waals surface area contributed by atoms with Crippen molar-refractivity contribution in [3.63, 3.8) is 0 Å². The average molecular weight is 170 g/mol. The summed E-state index contributed by atoms with van der Waals surface area (Å²) in [5.74, 6) is 1.73. The lowest BCUT2D eigenvalue weighted by molar-refractivity contribution is -0.128. The van der Waals surface area contributed by atoms with Gasteiger partial charge in [0, 0.05) is 7.05 Å². The number of ether oxygens (including phenoxy) is 1. The smallest absolute Gasteiger partial charge is 0.405 e. The molecule has 0 unspecified atom stereocenters. The first-order valence-corrected chi connectivity index (χ1v) is 3.23. The van der Waals surface area contributed by atoms with E-state index in [-0.39, 0.29) is 6.42 Å². The molecule has 1 atom stereocenters. The van der Waals surface area contributed by atoms with E-state index in [1.54, 1.807) is 0 Å². The molecule has 0 radical (unpaired) electrons.